The molecule has 0 radical (unpaired) electrons. The van der Waals surface area contributed by atoms with E-state index in [0.717, 1.165) is 0 Å². The van der Waals surface area contributed by atoms with E-state index in [2.05, 4.69) is 10.3 Å². The molecule has 1 fully saturated rings. The third-order valence-corrected chi connectivity index (χ3v) is 3.93. The number of piperidine rings is 1. The molecule has 7 heteroatoms. The minimum Gasteiger partial charge on any atom is -0.326 e. The molecule has 1 aliphatic heterocycles. The molecule has 3 N–H and O–H groups in total. The molecule has 1 aromatic carbocycles. The van der Waals surface area contributed by atoms with Gasteiger partial charge in [0.1, 0.15) is 11.9 Å². The molecule has 2 amide bonds. The van der Waals surface area contributed by atoms with Gasteiger partial charge in [0.2, 0.25) is 11.8 Å². The van der Waals surface area contributed by atoms with E-state index in [9.17, 15) is 14.4 Å². The fourth-order valence-corrected chi connectivity index (χ4v) is 2.89. The van der Waals surface area contributed by atoms with Gasteiger partial charge in [0, 0.05) is 13.0 Å². The second kappa shape index (κ2) is 5.34. The Morgan fingerprint density at radius 1 is 1.36 bits per heavy atom. The topological polar surface area (TPSA) is 107 Å². The second-order valence-electron chi connectivity index (χ2n) is 5.32. The summed E-state index contributed by atoms with van der Waals surface area (Å²) < 4.78 is 1.36. The lowest BCUT2D eigenvalue weighted by Gasteiger charge is -2.24. The lowest BCUT2D eigenvalue weighted by atomic mass is 10.0. The highest BCUT2D eigenvalue weighted by molar-refractivity contribution is 5.99. The third kappa shape index (κ3) is 2.19. The summed E-state index contributed by atoms with van der Waals surface area (Å²) in [6.45, 7) is 1.90. The van der Waals surface area contributed by atoms with E-state index in [0.29, 0.717) is 28.7 Å². The van der Waals surface area contributed by atoms with Gasteiger partial charge in [-0.3, -0.25) is 24.3 Å². The summed E-state index contributed by atoms with van der Waals surface area (Å²) in [5.74, 6) is -0.336. The lowest BCUT2D eigenvalue weighted by molar-refractivity contribution is -0.135. The Morgan fingerprint density at radius 2 is 2.14 bits per heavy atom. The molecule has 3 rings (SSSR count). The zero-order valence-electron chi connectivity index (χ0n) is 12.1. The van der Waals surface area contributed by atoms with Crippen molar-refractivity contribution in [2.45, 2.75) is 32.4 Å². The number of nitrogens with two attached hydrogens (primary N) is 1. The molecular formula is C15H16N4O3. The van der Waals surface area contributed by atoms with Gasteiger partial charge in [-0.25, -0.2) is 4.98 Å². The average molecular weight is 300 g/mol. The smallest absolute Gasteiger partial charge is 0.262 e. The van der Waals surface area contributed by atoms with Crippen LogP contribution in [0.2, 0.25) is 0 Å². The van der Waals surface area contributed by atoms with E-state index in [1.807, 2.05) is 0 Å². The Hall–Kier alpha value is -2.54. The standard InChI is InChI=1S/C15H16N4O3/c1-8-17-10-4-2-3-9(7-16)13(10)15(22)19(8)11-5-6-12(20)18-14(11)21/h2-4,11H,5-7,16H2,1H3,(H,18,20,21)/t11-/m1/s1. The Bertz CT molecular complexity index is 841. The number of rotatable bonds is 2. The van der Waals surface area contributed by atoms with Crippen molar-refractivity contribution in [3.8, 4) is 0 Å². The fourth-order valence-electron chi connectivity index (χ4n) is 2.89. The third-order valence-electron chi connectivity index (χ3n) is 3.93. The van der Waals surface area contributed by atoms with Gasteiger partial charge < -0.3 is 5.73 Å². The average Bonchev–Trinajstić information content (AvgIpc) is 2.48. The number of nitrogens with zero attached hydrogens (tertiary/aromatic N) is 2. The van der Waals surface area contributed by atoms with E-state index in [1.165, 1.54) is 4.57 Å². The van der Waals surface area contributed by atoms with Gasteiger partial charge in [-0.05, 0) is 25.0 Å². The van der Waals surface area contributed by atoms with Crippen molar-refractivity contribution in [3.63, 3.8) is 0 Å². The van der Waals surface area contributed by atoms with Crippen LogP contribution in [0, 0.1) is 6.92 Å². The number of carbonyl (C=O) groups excluding carboxylic acids is 2. The van der Waals surface area contributed by atoms with E-state index >= 15 is 0 Å². The molecule has 1 aliphatic rings. The molecule has 0 aliphatic carbocycles. The summed E-state index contributed by atoms with van der Waals surface area (Å²) in [5, 5.41) is 2.70. The van der Waals surface area contributed by atoms with Crippen LogP contribution in [0.4, 0.5) is 0 Å². The number of carbonyl (C=O) groups is 2. The first-order valence-electron chi connectivity index (χ1n) is 7.07. The summed E-state index contributed by atoms with van der Waals surface area (Å²) in [7, 11) is 0. The number of amides is 2. The molecule has 1 atom stereocenters. The van der Waals surface area contributed by atoms with E-state index in [1.54, 1.807) is 25.1 Å². The summed E-state index contributed by atoms with van der Waals surface area (Å²) in [4.78, 5) is 40.6. The molecule has 114 valence electrons. The fraction of sp³-hybridized carbons (Fsp3) is 0.333. The maximum atomic E-state index is 12.9. The van der Waals surface area contributed by atoms with E-state index < -0.39 is 11.9 Å². The van der Waals surface area contributed by atoms with Gasteiger partial charge in [0.05, 0.1) is 10.9 Å². The van der Waals surface area contributed by atoms with Gasteiger partial charge in [0.15, 0.2) is 0 Å². The number of hydrogen-bond donors (Lipinski definition) is 2. The van der Waals surface area contributed by atoms with Crippen molar-refractivity contribution in [2.24, 2.45) is 5.73 Å². The molecular weight excluding hydrogens is 284 g/mol. The summed E-state index contributed by atoms with van der Waals surface area (Å²) in [6.07, 6.45) is 0.502. The predicted molar refractivity (Wildman–Crippen MR) is 80.1 cm³/mol. The highest BCUT2D eigenvalue weighted by atomic mass is 16.2. The first kappa shape index (κ1) is 14.4. The summed E-state index contributed by atoms with van der Waals surface area (Å²) in [6, 6.07) is 4.60. The number of imide groups is 1. The maximum absolute atomic E-state index is 12.9. The van der Waals surface area contributed by atoms with Crippen LogP contribution in [0.15, 0.2) is 23.0 Å². The van der Waals surface area contributed by atoms with Gasteiger partial charge >= 0.3 is 0 Å². The second-order valence-corrected chi connectivity index (χ2v) is 5.32. The predicted octanol–water partition coefficient (Wildman–Crippen LogP) is 0.141. The lowest BCUT2D eigenvalue weighted by Crippen LogP contribution is -2.45. The Kier molecular flexibility index (Phi) is 3.50. The normalized spacial score (nSPS) is 18.5. The zero-order valence-corrected chi connectivity index (χ0v) is 12.1. The Morgan fingerprint density at radius 3 is 2.82 bits per heavy atom. The number of aromatic nitrogens is 2. The first-order valence-corrected chi connectivity index (χ1v) is 7.07. The summed E-state index contributed by atoms with van der Waals surface area (Å²) in [5.41, 5.74) is 6.66. The van der Waals surface area contributed by atoms with Gasteiger partial charge in [-0.15, -0.1) is 0 Å². The van der Waals surface area contributed by atoms with Crippen LogP contribution in [0.25, 0.3) is 10.9 Å². The number of nitrogens with one attached hydrogen (secondary N) is 1. The molecule has 0 bridgehead atoms. The largest absolute Gasteiger partial charge is 0.326 e. The summed E-state index contributed by atoms with van der Waals surface area (Å²) >= 11 is 0. The highest BCUT2D eigenvalue weighted by Crippen LogP contribution is 2.20. The first-order chi connectivity index (χ1) is 10.5. The van der Waals surface area contributed by atoms with E-state index in [-0.39, 0.29) is 24.4 Å². The van der Waals surface area contributed by atoms with Crippen molar-refractivity contribution < 1.29 is 9.59 Å². The Labute approximate surface area is 126 Å². The van der Waals surface area contributed by atoms with Crippen LogP contribution in [0.5, 0.6) is 0 Å². The number of benzene rings is 1. The highest BCUT2D eigenvalue weighted by Gasteiger charge is 2.30. The van der Waals surface area contributed by atoms with Crippen LogP contribution in [-0.2, 0) is 16.1 Å². The molecule has 22 heavy (non-hydrogen) atoms. The van der Waals surface area contributed by atoms with Crippen molar-refractivity contribution in [3.05, 3.63) is 39.9 Å². The Balaban J connectivity index is 2.24. The number of hydrogen-bond acceptors (Lipinski definition) is 5. The molecule has 7 nitrogen and oxygen atoms in total. The van der Waals surface area contributed by atoms with Gasteiger partial charge in [-0.2, -0.15) is 0 Å². The van der Waals surface area contributed by atoms with Crippen LogP contribution in [-0.4, -0.2) is 21.4 Å². The van der Waals surface area contributed by atoms with Crippen LogP contribution in [0.3, 0.4) is 0 Å². The molecule has 2 aromatic rings. The zero-order chi connectivity index (χ0) is 15.9. The number of aryl methyl sites for hydroxylation is 1. The molecule has 0 saturated carbocycles. The van der Waals surface area contributed by atoms with Crippen LogP contribution >= 0.6 is 0 Å². The number of fused-ring (bicyclic) bond motifs is 1. The maximum Gasteiger partial charge on any atom is 0.262 e. The SMILES string of the molecule is Cc1nc2cccc(CN)c2c(=O)n1[C@@H]1CCC(=O)NC1=O. The van der Waals surface area contributed by atoms with Crippen molar-refractivity contribution in [1.29, 1.82) is 0 Å². The molecule has 0 spiro atoms. The monoisotopic (exact) mass is 300 g/mol. The molecule has 0 unspecified atom stereocenters. The van der Waals surface area contributed by atoms with Crippen molar-refractivity contribution in [1.82, 2.24) is 14.9 Å². The van der Waals surface area contributed by atoms with Crippen molar-refractivity contribution in [2.75, 3.05) is 0 Å². The molecule has 2 heterocycles. The van der Waals surface area contributed by atoms with Crippen LogP contribution < -0.4 is 16.6 Å². The van der Waals surface area contributed by atoms with Crippen molar-refractivity contribution >= 4 is 22.7 Å². The van der Waals surface area contributed by atoms with Gasteiger partial charge in [0.25, 0.3) is 5.56 Å². The minimum atomic E-state index is -0.715. The molecule has 1 saturated heterocycles. The van der Waals surface area contributed by atoms with E-state index in [4.69, 9.17) is 5.73 Å². The minimum absolute atomic E-state index is 0.207. The quantitative estimate of drug-likeness (QED) is 0.767. The van der Waals surface area contributed by atoms with Gasteiger partial charge in [-0.1, -0.05) is 12.1 Å². The molecule has 1 aromatic heterocycles. The van der Waals surface area contributed by atoms with Crippen LogP contribution in [0.1, 0.15) is 30.3 Å².